The van der Waals surface area contributed by atoms with Crippen molar-refractivity contribution in [1.29, 1.82) is 0 Å². The number of benzene rings is 2. The molecule has 10 heteroatoms. The molecule has 1 N–H and O–H groups in total. The third-order valence-electron chi connectivity index (χ3n) is 4.11. The van der Waals surface area contributed by atoms with Gasteiger partial charge in [-0.15, -0.1) is 0 Å². The fourth-order valence-electron chi connectivity index (χ4n) is 2.70. The summed E-state index contributed by atoms with van der Waals surface area (Å²) in [6.45, 7) is 0. The quantitative estimate of drug-likeness (QED) is 0.602. The van der Waals surface area contributed by atoms with Crippen LogP contribution in [-0.4, -0.2) is 49.9 Å². The monoisotopic (exact) mass is 430 g/mol. The summed E-state index contributed by atoms with van der Waals surface area (Å²) < 4.78 is 39.1. The predicted octanol–water partition coefficient (Wildman–Crippen LogP) is 3.05. The number of aromatic nitrogens is 2. The van der Waals surface area contributed by atoms with Gasteiger partial charge in [-0.1, -0.05) is 24.3 Å². The summed E-state index contributed by atoms with van der Waals surface area (Å²) in [6, 6.07) is 11.9. The van der Waals surface area contributed by atoms with Gasteiger partial charge in [0.25, 0.3) is 0 Å². The molecular formula is C20H18N2O7S. The Morgan fingerprint density at radius 3 is 2.07 bits per heavy atom. The van der Waals surface area contributed by atoms with Crippen LogP contribution in [0.2, 0.25) is 0 Å². The van der Waals surface area contributed by atoms with Gasteiger partial charge in [0.1, 0.15) is 11.3 Å². The highest BCUT2D eigenvalue weighted by Gasteiger charge is 2.20. The van der Waals surface area contributed by atoms with Crippen molar-refractivity contribution in [2.45, 2.75) is 4.90 Å². The zero-order valence-corrected chi connectivity index (χ0v) is 17.1. The predicted molar refractivity (Wildman–Crippen MR) is 107 cm³/mol. The van der Waals surface area contributed by atoms with Gasteiger partial charge in [-0.25, -0.2) is 13.2 Å². The number of hydrogen-bond acceptors (Lipinski definition) is 8. The summed E-state index contributed by atoms with van der Waals surface area (Å²) >= 11 is 0. The van der Waals surface area contributed by atoms with Crippen LogP contribution in [0, 0.1) is 0 Å². The van der Waals surface area contributed by atoms with Gasteiger partial charge in [0.15, 0.2) is 9.84 Å². The van der Waals surface area contributed by atoms with E-state index in [2.05, 4.69) is 9.97 Å². The van der Waals surface area contributed by atoms with E-state index in [-0.39, 0.29) is 34.0 Å². The normalized spacial score (nSPS) is 11.0. The molecule has 0 bridgehead atoms. The Morgan fingerprint density at radius 1 is 0.967 bits per heavy atom. The number of carboxylic acid groups (broad SMARTS) is 1. The molecule has 0 amide bonds. The Labute approximate surface area is 172 Å². The summed E-state index contributed by atoms with van der Waals surface area (Å²) in [5.74, 6) is -0.868. The van der Waals surface area contributed by atoms with Gasteiger partial charge in [-0.05, 0) is 29.3 Å². The van der Waals surface area contributed by atoms with Gasteiger partial charge < -0.3 is 19.3 Å². The summed E-state index contributed by atoms with van der Waals surface area (Å²) in [5.41, 5.74) is 0.722. The Hall–Kier alpha value is -3.66. The molecule has 0 saturated carbocycles. The van der Waals surface area contributed by atoms with E-state index in [1.165, 1.54) is 50.6 Å². The number of hydrogen-bond donors (Lipinski definition) is 1. The van der Waals surface area contributed by atoms with E-state index in [4.69, 9.17) is 14.2 Å². The summed E-state index contributed by atoms with van der Waals surface area (Å²) in [7, 11) is -0.548. The number of aromatic carboxylic acids is 1. The van der Waals surface area contributed by atoms with Crippen LogP contribution in [-0.2, 0) is 9.84 Å². The van der Waals surface area contributed by atoms with Crippen LogP contribution in [0.3, 0.4) is 0 Å². The molecule has 0 radical (unpaired) electrons. The molecule has 9 nitrogen and oxygen atoms in total. The molecule has 0 aliphatic heterocycles. The summed E-state index contributed by atoms with van der Waals surface area (Å²) in [5, 5.41) is 9.81. The maximum Gasteiger partial charge on any atom is 0.340 e. The van der Waals surface area contributed by atoms with Gasteiger partial charge in [-0.3, -0.25) is 0 Å². The first-order valence-corrected chi connectivity index (χ1v) is 10.4. The molecule has 0 saturated heterocycles. The van der Waals surface area contributed by atoms with E-state index in [9.17, 15) is 18.3 Å². The molecule has 1 aromatic heterocycles. The lowest BCUT2D eigenvalue weighted by molar-refractivity contribution is 0.0695. The van der Waals surface area contributed by atoms with Crippen LogP contribution in [0.25, 0.3) is 11.1 Å². The van der Waals surface area contributed by atoms with Crippen molar-refractivity contribution in [2.24, 2.45) is 0 Å². The highest BCUT2D eigenvalue weighted by Crippen LogP contribution is 2.34. The summed E-state index contributed by atoms with van der Waals surface area (Å²) in [4.78, 5) is 20.2. The van der Waals surface area contributed by atoms with Crippen LogP contribution >= 0.6 is 0 Å². The van der Waals surface area contributed by atoms with E-state index in [1.54, 1.807) is 12.1 Å². The van der Waals surface area contributed by atoms with Gasteiger partial charge in [-0.2, -0.15) is 9.97 Å². The minimum atomic E-state index is -3.37. The average Bonchev–Trinajstić information content (AvgIpc) is 2.72. The Bertz CT molecular complexity index is 1170. The number of sulfone groups is 1. The average molecular weight is 430 g/mol. The first-order valence-electron chi connectivity index (χ1n) is 8.54. The van der Waals surface area contributed by atoms with Crippen molar-refractivity contribution < 1.29 is 32.5 Å². The minimum Gasteiger partial charge on any atom is -0.481 e. The van der Waals surface area contributed by atoms with Crippen molar-refractivity contribution in [2.75, 3.05) is 20.5 Å². The number of carbonyl (C=O) groups is 1. The lowest BCUT2D eigenvalue weighted by Crippen LogP contribution is -2.05. The van der Waals surface area contributed by atoms with Crippen LogP contribution in [0.4, 0.5) is 0 Å². The van der Waals surface area contributed by atoms with Crippen molar-refractivity contribution in [3.63, 3.8) is 0 Å². The number of methoxy groups -OCH3 is 2. The smallest absolute Gasteiger partial charge is 0.340 e. The highest BCUT2D eigenvalue weighted by atomic mass is 32.2. The van der Waals surface area contributed by atoms with E-state index < -0.39 is 15.8 Å². The third kappa shape index (κ3) is 4.49. The molecule has 0 fully saturated rings. The maximum absolute atomic E-state index is 12.0. The largest absolute Gasteiger partial charge is 0.481 e. The van der Waals surface area contributed by atoms with Crippen molar-refractivity contribution >= 4 is 15.8 Å². The second kappa shape index (κ2) is 8.37. The molecule has 3 aromatic rings. The van der Waals surface area contributed by atoms with Crippen molar-refractivity contribution in [3.8, 4) is 34.6 Å². The van der Waals surface area contributed by atoms with E-state index in [0.29, 0.717) is 11.1 Å². The zero-order chi connectivity index (χ0) is 21.9. The molecule has 0 aliphatic rings. The minimum absolute atomic E-state index is 0.00231. The molecule has 0 atom stereocenters. The molecule has 0 spiro atoms. The topological polar surface area (TPSA) is 125 Å². The Kier molecular flexibility index (Phi) is 5.88. The second-order valence-corrected chi connectivity index (χ2v) is 8.13. The lowest BCUT2D eigenvalue weighted by Gasteiger charge is -2.13. The van der Waals surface area contributed by atoms with Crippen LogP contribution in [0.15, 0.2) is 53.4 Å². The number of rotatable bonds is 7. The Balaban J connectivity index is 2.07. The van der Waals surface area contributed by atoms with Crippen LogP contribution in [0.5, 0.6) is 23.5 Å². The van der Waals surface area contributed by atoms with Gasteiger partial charge in [0, 0.05) is 6.26 Å². The first kappa shape index (κ1) is 21.1. The maximum atomic E-state index is 12.0. The highest BCUT2D eigenvalue weighted by molar-refractivity contribution is 7.90. The summed E-state index contributed by atoms with van der Waals surface area (Å²) in [6.07, 6.45) is 1.10. The van der Waals surface area contributed by atoms with Gasteiger partial charge >= 0.3 is 12.0 Å². The molecule has 0 aliphatic carbocycles. The van der Waals surface area contributed by atoms with E-state index in [1.807, 2.05) is 0 Å². The van der Waals surface area contributed by atoms with Crippen LogP contribution < -0.4 is 14.2 Å². The van der Waals surface area contributed by atoms with Gasteiger partial charge in [0.2, 0.25) is 11.8 Å². The number of carboxylic acids is 1. The van der Waals surface area contributed by atoms with E-state index in [0.717, 1.165) is 6.26 Å². The molecule has 0 unspecified atom stereocenters. The van der Waals surface area contributed by atoms with Gasteiger partial charge in [0.05, 0.1) is 25.2 Å². The lowest BCUT2D eigenvalue weighted by atomic mass is 9.99. The standard InChI is InChI=1S/C20H18N2O7S/c1-27-16-11-17(28-2)22-20(21-16)29-15-6-4-5-14(18(15)19(23)24)12-7-9-13(10-8-12)30(3,25)26/h4-11H,1-3H3,(H,23,24). The number of nitrogens with zero attached hydrogens (tertiary/aromatic N) is 2. The molecule has 1 heterocycles. The molecule has 156 valence electrons. The first-order chi connectivity index (χ1) is 14.2. The number of ether oxygens (including phenoxy) is 3. The molecule has 2 aromatic carbocycles. The molecule has 3 rings (SSSR count). The fourth-order valence-corrected chi connectivity index (χ4v) is 3.33. The Morgan fingerprint density at radius 2 is 1.57 bits per heavy atom. The SMILES string of the molecule is COc1cc(OC)nc(Oc2cccc(-c3ccc(S(C)(=O)=O)cc3)c2C(=O)O)n1. The fraction of sp³-hybridized carbons (Fsp3) is 0.150. The third-order valence-corrected chi connectivity index (χ3v) is 5.24. The van der Waals surface area contributed by atoms with Crippen molar-refractivity contribution in [1.82, 2.24) is 9.97 Å². The molecular weight excluding hydrogens is 412 g/mol. The zero-order valence-electron chi connectivity index (χ0n) is 16.3. The van der Waals surface area contributed by atoms with Crippen LogP contribution in [0.1, 0.15) is 10.4 Å². The second-order valence-electron chi connectivity index (χ2n) is 6.12. The molecule has 30 heavy (non-hydrogen) atoms. The van der Waals surface area contributed by atoms with E-state index >= 15 is 0 Å². The van der Waals surface area contributed by atoms with Crippen molar-refractivity contribution in [3.05, 3.63) is 54.1 Å².